The topological polar surface area (TPSA) is 12.0 Å². The minimum Gasteiger partial charge on any atom is -0.309 e. The maximum Gasteiger partial charge on any atom is 0.390 e. The third-order valence-electron chi connectivity index (χ3n) is 2.32. The van der Waals surface area contributed by atoms with Crippen LogP contribution in [0.4, 0.5) is 13.2 Å². The van der Waals surface area contributed by atoms with Crippen molar-refractivity contribution < 1.29 is 13.2 Å². The van der Waals surface area contributed by atoms with Crippen LogP contribution in [0.15, 0.2) is 11.4 Å². The van der Waals surface area contributed by atoms with Crippen molar-refractivity contribution in [2.24, 2.45) is 0 Å². The molecule has 1 aromatic heterocycles. The molecule has 2 heterocycles. The lowest BCUT2D eigenvalue weighted by molar-refractivity contribution is -0.140. The fourth-order valence-electron chi connectivity index (χ4n) is 1.73. The van der Waals surface area contributed by atoms with Gasteiger partial charge in [0.15, 0.2) is 0 Å². The Morgan fingerprint density at radius 2 is 2.29 bits per heavy atom. The number of rotatable bonds is 1. The van der Waals surface area contributed by atoms with Gasteiger partial charge in [0.05, 0.1) is 12.5 Å². The molecule has 1 aromatic rings. The number of thiophene rings is 1. The lowest BCUT2D eigenvalue weighted by atomic mass is 10.0. The van der Waals surface area contributed by atoms with E-state index in [1.165, 1.54) is 11.3 Å². The molecule has 0 aromatic carbocycles. The van der Waals surface area contributed by atoms with Crippen LogP contribution in [0.5, 0.6) is 0 Å². The molecular formula is C9H10F3NS. The first-order valence-electron chi connectivity index (χ1n) is 4.43. The Morgan fingerprint density at radius 1 is 1.50 bits per heavy atom. The molecule has 14 heavy (non-hydrogen) atoms. The van der Waals surface area contributed by atoms with E-state index in [1.807, 2.05) is 11.4 Å². The van der Waals surface area contributed by atoms with Gasteiger partial charge >= 0.3 is 6.18 Å². The Kier molecular flexibility index (Phi) is 2.53. The first kappa shape index (κ1) is 9.98. The second-order valence-electron chi connectivity index (χ2n) is 3.39. The van der Waals surface area contributed by atoms with Crippen LogP contribution >= 0.6 is 11.3 Å². The predicted molar refractivity (Wildman–Crippen MR) is 49.4 cm³/mol. The fraction of sp³-hybridized carbons (Fsp3) is 0.556. The van der Waals surface area contributed by atoms with E-state index >= 15 is 0 Å². The van der Waals surface area contributed by atoms with Gasteiger partial charge in [0.2, 0.25) is 0 Å². The Balaban J connectivity index is 2.16. The molecule has 1 unspecified atom stereocenters. The molecule has 1 aliphatic rings. The van der Waals surface area contributed by atoms with Crippen LogP contribution in [-0.4, -0.2) is 12.7 Å². The van der Waals surface area contributed by atoms with E-state index in [2.05, 4.69) is 5.32 Å². The quantitative estimate of drug-likeness (QED) is 0.768. The van der Waals surface area contributed by atoms with Crippen LogP contribution in [0.3, 0.4) is 0 Å². The molecular weight excluding hydrogens is 211 g/mol. The SMILES string of the molecule is FC(F)(F)CC1NCCc2ccsc21. The van der Waals surface area contributed by atoms with Gasteiger partial charge in [-0.05, 0) is 30.0 Å². The van der Waals surface area contributed by atoms with Gasteiger partial charge in [0, 0.05) is 4.88 Å². The van der Waals surface area contributed by atoms with Crippen LogP contribution < -0.4 is 5.32 Å². The van der Waals surface area contributed by atoms with E-state index in [-0.39, 0.29) is 0 Å². The van der Waals surface area contributed by atoms with Crippen LogP contribution in [-0.2, 0) is 6.42 Å². The first-order chi connectivity index (χ1) is 6.56. The zero-order valence-electron chi connectivity index (χ0n) is 7.40. The molecule has 1 atom stereocenters. The molecule has 0 saturated carbocycles. The van der Waals surface area contributed by atoms with Gasteiger partial charge in [-0.25, -0.2) is 0 Å². The summed E-state index contributed by atoms with van der Waals surface area (Å²) in [6.07, 6.45) is -4.01. The summed E-state index contributed by atoms with van der Waals surface area (Å²) in [6.45, 7) is 0.643. The van der Waals surface area contributed by atoms with Crippen LogP contribution in [0.2, 0.25) is 0 Å². The molecule has 1 nitrogen and oxygen atoms in total. The van der Waals surface area contributed by atoms with Crippen molar-refractivity contribution in [3.63, 3.8) is 0 Å². The maximum absolute atomic E-state index is 12.2. The van der Waals surface area contributed by atoms with Gasteiger partial charge < -0.3 is 5.32 Å². The zero-order valence-corrected chi connectivity index (χ0v) is 8.21. The summed E-state index contributed by atoms with van der Waals surface area (Å²) in [7, 11) is 0. The summed E-state index contributed by atoms with van der Waals surface area (Å²) in [4.78, 5) is 0.855. The molecule has 78 valence electrons. The molecule has 2 rings (SSSR count). The number of hydrogen-bond donors (Lipinski definition) is 1. The highest BCUT2D eigenvalue weighted by Crippen LogP contribution is 2.35. The lowest BCUT2D eigenvalue weighted by Crippen LogP contribution is -2.31. The lowest BCUT2D eigenvalue weighted by Gasteiger charge is -2.24. The minimum atomic E-state index is -4.09. The highest BCUT2D eigenvalue weighted by molar-refractivity contribution is 7.10. The molecule has 1 N–H and O–H groups in total. The molecule has 0 saturated heterocycles. The molecule has 0 aliphatic carbocycles. The van der Waals surface area contributed by atoms with E-state index in [0.29, 0.717) is 6.54 Å². The number of nitrogens with one attached hydrogen (secondary N) is 1. The van der Waals surface area contributed by atoms with Crippen molar-refractivity contribution >= 4 is 11.3 Å². The number of hydrogen-bond acceptors (Lipinski definition) is 2. The summed E-state index contributed by atoms with van der Waals surface area (Å²) >= 11 is 1.41. The Hall–Kier alpha value is -0.550. The molecule has 0 spiro atoms. The highest BCUT2D eigenvalue weighted by Gasteiger charge is 2.34. The number of alkyl halides is 3. The molecule has 0 fully saturated rings. The summed E-state index contributed by atoms with van der Waals surface area (Å²) in [6, 6.07) is 1.39. The summed E-state index contributed by atoms with van der Waals surface area (Å²) in [5.74, 6) is 0. The average molecular weight is 221 g/mol. The second kappa shape index (κ2) is 3.55. The number of fused-ring (bicyclic) bond motifs is 1. The van der Waals surface area contributed by atoms with E-state index < -0.39 is 18.6 Å². The maximum atomic E-state index is 12.2. The number of halogens is 3. The van der Waals surface area contributed by atoms with Crippen molar-refractivity contribution in [3.05, 3.63) is 21.9 Å². The van der Waals surface area contributed by atoms with E-state index in [4.69, 9.17) is 0 Å². The van der Waals surface area contributed by atoms with Gasteiger partial charge in [-0.3, -0.25) is 0 Å². The van der Waals surface area contributed by atoms with E-state index in [0.717, 1.165) is 16.9 Å². The molecule has 0 radical (unpaired) electrons. The molecule has 0 amide bonds. The third kappa shape index (κ3) is 2.09. The predicted octanol–water partition coefficient (Wildman–Crippen LogP) is 2.89. The second-order valence-corrected chi connectivity index (χ2v) is 4.33. The molecule has 5 heteroatoms. The smallest absolute Gasteiger partial charge is 0.309 e. The first-order valence-corrected chi connectivity index (χ1v) is 5.30. The third-order valence-corrected chi connectivity index (χ3v) is 3.39. The largest absolute Gasteiger partial charge is 0.390 e. The van der Waals surface area contributed by atoms with Crippen LogP contribution in [0.1, 0.15) is 22.9 Å². The van der Waals surface area contributed by atoms with Crippen LogP contribution in [0.25, 0.3) is 0 Å². The summed E-state index contributed by atoms with van der Waals surface area (Å²) < 4.78 is 36.6. The van der Waals surface area contributed by atoms with Crippen LogP contribution in [0, 0.1) is 0 Å². The van der Waals surface area contributed by atoms with E-state index in [1.54, 1.807) is 0 Å². The standard InChI is InChI=1S/C9H10F3NS/c10-9(11,12)5-7-8-6(1-3-13-7)2-4-14-8/h2,4,7,13H,1,3,5H2. The summed E-state index contributed by atoms with van der Waals surface area (Å²) in [5, 5.41) is 4.77. The summed E-state index contributed by atoms with van der Waals surface area (Å²) in [5.41, 5.74) is 1.07. The molecule has 0 bridgehead atoms. The van der Waals surface area contributed by atoms with Crippen molar-refractivity contribution in [1.82, 2.24) is 5.32 Å². The van der Waals surface area contributed by atoms with Crippen molar-refractivity contribution in [2.45, 2.75) is 25.1 Å². The van der Waals surface area contributed by atoms with Crippen molar-refractivity contribution in [1.29, 1.82) is 0 Å². The van der Waals surface area contributed by atoms with Gasteiger partial charge in [-0.1, -0.05) is 0 Å². The van der Waals surface area contributed by atoms with Gasteiger partial charge in [-0.2, -0.15) is 13.2 Å². The zero-order chi connectivity index (χ0) is 10.2. The fourth-order valence-corrected chi connectivity index (χ4v) is 2.76. The molecule has 1 aliphatic heterocycles. The normalized spacial score (nSPS) is 22.1. The average Bonchev–Trinajstić information content (AvgIpc) is 2.49. The Bertz CT molecular complexity index is 318. The van der Waals surface area contributed by atoms with Crippen molar-refractivity contribution in [3.8, 4) is 0 Å². The highest BCUT2D eigenvalue weighted by atomic mass is 32.1. The van der Waals surface area contributed by atoms with E-state index in [9.17, 15) is 13.2 Å². The Labute approximate surface area is 83.9 Å². The van der Waals surface area contributed by atoms with Gasteiger partial charge in [-0.15, -0.1) is 11.3 Å². The van der Waals surface area contributed by atoms with Gasteiger partial charge in [0.1, 0.15) is 0 Å². The minimum absolute atomic E-state index is 0.529. The Morgan fingerprint density at radius 3 is 3.00 bits per heavy atom. The van der Waals surface area contributed by atoms with Crippen molar-refractivity contribution in [2.75, 3.05) is 6.54 Å². The van der Waals surface area contributed by atoms with Gasteiger partial charge in [0.25, 0.3) is 0 Å². The monoisotopic (exact) mass is 221 g/mol.